The summed E-state index contributed by atoms with van der Waals surface area (Å²) in [6, 6.07) is 16.1. The smallest absolute Gasteiger partial charge is 0.305 e. The lowest BCUT2D eigenvalue weighted by atomic mass is 9.84. The number of benzene rings is 2. The van der Waals surface area contributed by atoms with Gasteiger partial charge in [-0.15, -0.1) is 0 Å². The number of aliphatic carboxylic acids is 1. The molecule has 1 aromatic heterocycles. The van der Waals surface area contributed by atoms with Crippen molar-refractivity contribution in [3.05, 3.63) is 76.3 Å². The van der Waals surface area contributed by atoms with Crippen molar-refractivity contribution in [3.8, 4) is 17.5 Å². The lowest BCUT2D eigenvalue weighted by Crippen LogP contribution is -2.36. The maximum absolute atomic E-state index is 11.8. The maximum atomic E-state index is 11.8. The van der Waals surface area contributed by atoms with E-state index in [1.54, 1.807) is 0 Å². The van der Waals surface area contributed by atoms with Crippen LogP contribution in [-0.2, 0) is 17.9 Å². The molecule has 1 aliphatic carbocycles. The molecule has 7 nitrogen and oxygen atoms in total. The molecule has 0 bridgehead atoms. The highest BCUT2D eigenvalue weighted by Crippen LogP contribution is 2.34. The number of hydrogen-bond acceptors (Lipinski definition) is 5. The van der Waals surface area contributed by atoms with Gasteiger partial charge in [0.1, 0.15) is 12.4 Å². The van der Waals surface area contributed by atoms with Crippen molar-refractivity contribution < 1.29 is 24.9 Å². The minimum Gasteiger partial charge on any atom is -0.494 e. The van der Waals surface area contributed by atoms with Gasteiger partial charge in [-0.1, -0.05) is 42.3 Å². The number of carboxylic acid groups (broad SMARTS) is 1. The maximum Gasteiger partial charge on any atom is 0.305 e. The summed E-state index contributed by atoms with van der Waals surface area (Å²) in [5.74, 6) is 0.472. The average molecular weight is 513 g/mol. The normalized spacial score (nSPS) is 14.5. The molecule has 0 radical (unpaired) electrons. The third-order valence-electron chi connectivity index (χ3n) is 6.91. The Labute approximate surface area is 216 Å². The first kappa shape index (κ1) is 25.9. The molecule has 0 amide bonds. The molecule has 2 aromatic carbocycles. The zero-order valence-corrected chi connectivity index (χ0v) is 21.2. The molecule has 1 saturated carbocycles. The Bertz CT molecular complexity index is 1150. The Kier molecular flexibility index (Phi) is 8.44. The van der Waals surface area contributed by atoms with Gasteiger partial charge in [0.2, 0.25) is 0 Å². The van der Waals surface area contributed by atoms with Crippen LogP contribution in [0.15, 0.2) is 54.6 Å². The highest BCUT2D eigenvalue weighted by molar-refractivity contribution is 6.30. The quantitative estimate of drug-likeness (QED) is 0.285. The highest BCUT2D eigenvalue weighted by Gasteiger charge is 2.28. The number of hydrogen-bond donors (Lipinski definition) is 3. The van der Waals surface area contributed by atoms with Crippen molar-refractivity contribution in [2.45, 2.75) is 51.7 Å². The molecule has 1 fully saturated rings. The van der Waals surface area contributed by atoms with Gasteiger partial charge >= 0.3 is 5.97 Å². The fourth-order valence-corrected chi connectivity index (χ4v) is 4.87. The molecule has 0 saturated heterocycles. The molecule has 8 heteroatoms. The van der Waals surface area contributed by atoms with Crippen LogP contribution in [0.25, 0.3) is 0 Å². The summed E-state index contributed by atoms with van der Waals surface area (Å²) in [7, 11) is 0. The number of aromatic hydroxyl groups is 2. The predicted octanol–water partition coefficient (Wildman–Crippen LogP) is 5.76. The fraction of sp³-hybridized carbons (Fsp3) is 0.393. The number of carboxylic acids is 1. The van der Waals surface area contributed by atoms with Gasteiger partial charge in [-0.25, -0.2) is 0 Å². The van der Waals surface area contributed by atoms with Crippen LogP contribution in [0.4, 0.5) is 0 Å². The number of carbonyl (C=O) groups is 1. The van der Waals surface area contributed by atoms with E-state index in [1.165, 1.54) is 36.0 Å². The van der Waals surface area contributed by atoms with Crippen LogP contribution < -0.4 is 4.74 Å². The Morgan fingerprint density at radius 1 is 1.11 bits per heavy atom. The van der Waals surface area contributed by atoms with Crippen molar-refractivity contribution >= 4 is 17.6 Å². The van der Waals surface area contributed by atoms with Gasteiger partial charge in [0.15, 0.2) is 11.8 Å². The van der Waals surface area contributed by atoms with Gasteiger partial charge in [0.05, 0.1) is 13.0 Å². The average Bonchev–Trinajstić information content (AvgIpc) is 3.13. The first-order valence-electron chi connectivity index (χ1n) is 12.3. The first-order chi connectivity index (χ1) is 17.3. The third kappa shape index (κ3) is 6.53. The lowest BCUT2D eigenvalue weighted by molar-refractivity contribution is -0.138. The molecule has 3 N–H and O–H groups in total. The summed E-state index contributed by atoms with van der Waals surface area (Å²) in [6.45, 7) is 4.07. The van der Waals surface area contributed by atoms with E-state index in [-0.39, 0.29) is 24.2 Å². The second kappa shape index (κ2) is 11.7. The molecule has 0 unspecified atom stereocenters. The van der Waals surface area contributed by atoms with Crippen LogP contribution in [0.2, 0.25) is 5.02 Å². The van der Waals surface area contributed by atoms with E-state index >= 15 is 0 Å². The SMILES string of the molecule is Cc1cc(CN(CC2CCC2)[C@@H](CC(=O)O)c2ccc(Cl)cc2)ccc1OCCn1c(O)ccc1O. The van der Waals surface area contributed by atoms with Gasteiger partial charge < -0.3 is 20.1 Å². The largest absolute Gasteiger partial charge is 0.494 e. The van der Waals surface area contributed by atoms with E-state index in [4.69, 9.17) is 16.3 Å². The van der Waals surface area contributed by atoms with Gasteiger partial charge in [0.25, 0.3) is 0 Å². The zero-order valence-electron chi connectivity index (χ0n) is 20.4. The minimum absolute atomic E-state index is 0.00803. The summed E-state index contributed by atoms with van der Waals surface area (Å²) in [5, 5.41) is 29.9. The van der Waals surface area contributed by atoms with Crippen molar-refractivity contribution in [3.63, 3.8) is 0 Å². The molecule has 4 rings (SSSR count). The molecule has 1 heterocycles. The van der Waals surface area contributed by atoms with Gasteiger partial charge in [-0.05, 0) is 60.6 Å². The van der Waals surface area contributed by atoms with E-state index in [2.05, 4.69) is 11.0 Å². The topological polar surface area (TPSA) is 95.2 Å². The Morgan fingerprint density at radius 3 is 2.39 bits per heavy atom. The first-order valence-corrected chi connectivity index (χ1v) is 12.7. The van der Waals surface area contributed by atoms with Crippen molar-refractivity contribution in [2.75, 3.05) is 13.2 Å². The number of ether oxygens (including phenoxy) is 1. The molecule has 36 heavy (non-hydrogen) atoms. The molecule has 3 aromatic rings. The summed E-state index contributed by atoms with van der Waals surface area (Å²) < 4.78 is 7.28. The van der Waals surface area contributed by atoms with Crippen LogP contribution in [-0.4, -0.2) is 43.9 Å². The van der Waals surface area contributed by atoms with E-state index in [0.29, 0.717) is 30.6 Å². The number of aryl methyl sites for hydroxylation is 1. The molecule has 0 spiro atoms. The number of nitrogens with zero attached hydrogens (tertiary/aromatic N) is 2. The van der Waals surface area contributed by atoms with Gasteiger partial charge in [-0.2, -0.15) is 0 Å². The monoisotopic (exact) mass is 512 g/mol. The zero-order chi connectivity index (χ0) is 25.7. The van der Waals surface area contributed by atoms with Crippen LogP contribution >= 0.6 is 11.6 Å². The predicted molar refractivity (Wildman–Crippen MR) is 139 cm³/mol. The van der Waals surface area contributed by atoms with Crippen LogP contribution in [0.3, 0.4) is 0 Å². The Balaban J connectivity index is 1.48. The van der Waals surface area contributed by atoms with Crippen molar-refractivity contribution in [1.82, 2.24) is 9.47 Å². The molecule has 1 aliphatic rings. The molecule has 0 aliphatic heterocycles. The Hall–Kier alpha value is -3.16. The second-order valence-electron chi connectivity index (χ2n) is 9.54. The lowest BCUT2D eigenvalue weighted by Gasteiger charge is -2.37. The molecule has 1 atom stereocenters. The van der Waals surface area contributed by atoms with Crippen LogP contribution in [0.1, 0.15) is 48.4 Å². The summed E-state index contributed by atoms with van der Waals surface area (Å²) in [4.78, 5) is 14.1. The summed E-state index contributed by atoms with van der Waals surface area (Å²) in [6.07, 6.45) is 3.60. The van der Waals surface area contributed by atoms with E-state index in [9.17, 15) is 20.1 Å². The van der Waals surface area contributed by atoms with E-state index in [1.807, 2.05) is 43.3 Å². The summed E-state index contributed by atoms with van der Waals surface area (Å²) >= 11 is 6.09. The van der Waals surface area contributed by atoms with Gasteiger partial charge in [-0.3, -0.25) is 14.3 Å². The number of aromatic nitrogens is 1. The third-order valence-corrected chi connectivity index (χ3v) is 7.16. The fourth-order valence-electron chi connectivity index (χ4n) is 4.75. The number of halogens is 1. The van der Waals surface area contributed by atoms with Crippen LogP contribution in [0.5, 0.6) is 17.5 Å². The molecular formula is C28H33ClN2O5. The molecular weight excluding hydrogens is 480 g/mol. The second-order valence-corrected chi connectivity index (χ2v) is 9.98. The van der Waals surface area contributed by atoms with E-state index < -0.39 is 5.97 Å². The summed E-state index contributed by atoms with van der Waals surface area (Å²) in [5.41, 5.74) is 3.01. The van der Waals surface area contributed by atoms with E-state index in [0.717, 1.165) is 29.0 Å². The van der Waals surface area contributed by atoms with Crippen molar-refractivity contribution in [1.29, 1.82) is 0 Å². The standard InChI is InChI=1S/C28H33ClN2O5/c1-19-15-21(5-10-25(19)36-14-13-31-26(32)11-12-27(31)33)18-30(17-20-3-2-4-20)24(16-28(34)35)22-6-8-23(29)9-7-22/h5-12,15,20,24,32-33H,2-4,13-14,16-18H2,1H3,(H,34,35)/t24-/m0/s1. The van der Waals surface area contributed by atoms with Crippen LogP contribution in [0, 0.1) is 12.8 Å². The van der Waals surface area contributed by atoms with Crippen molar-refractivity contribution in [2.24, 2.45) is 5.92 Å². The highest BCUT2D eigenvalue weighted by atomic mass is 35.5. The Morgan fingerprint density at radius 2 is 1.81 bits per heavy atom. The molecule has 192 valence electrons. The van der Waals surface area contributed by atoms with Gasteiger partial charge in [0, 0.05) is 36.3 Å². The number of rotatable bonds is 12. The minimum atomic E-state index is -0.826.